The van der Waals surface area contributed by atoms with Gasteiger partial charge in [-0.05, 0) is 49.1 Å². The Hall–Kier alpha value is -0.870. The number of carbonyl (C=O) groups excluding carboxylic acids is 1. The molecule has 3 rings (SSSR count). The second kappa shape index (κ2) is 4.91. The van der Waals surface area contributed by atoms with Gasteiger partial charge in [-0.15, -0.1) is 11.3 Å². The molecule has 1 aromatic rings. The van der Waals surface area contributed by atoms with Crippen molar-refractivity contribution in [2.75, 3.05) is 19.6 Å². The lowest BCUT2D eigenvalue weighted by molar-refractivity contribution is -0.136. The van der Waals surface area contributed by atoms with Crippen molar-refractivity contribution in [3.05, 3.63) is 22.4 Å². The number of carbonyl (C=O) groups is 1. The van der Waals surface area contributed by atoms with E-state index in [1.807, 2.05) is 6.07 Å². The monoisotopic (exact) mass is 278 g/mol. The second-order valence-electron chi connectivity index (χ2n) is 6.08. The van der Waals surface area contributed by atoms with Crippen molar-refractivity contribution in [2.45, 2.75) is 31.6 Å². The first-order chi connectivity index (χ1) is 9.18. The van der Waals surface area contributed by atoms with E-state index in [1.165, 1.54) is 11.3 Å². The number of thiophene rings is 1. The third-order valence-corrected chi connectivity index (χ3v) is 5.72. The first-order valence-electron chi connectivity index (χ1n) is 7.22. The molecule has 1 saturated heterocycles. The molecule has 0 radical (unpaired) electrons. The highest BCUT2D eigenvalue weighted by atomic mass is 32.1. The Morgan fingerprint density at radius 2 is 2.47 bits per heavy atom. The lowest BCUT2D eigenvalue weighted by Gasteiger charge is -2.34. The minimum atomic E-state index is -0.278. The van der Waals surface area contributed by atoms with Crippen molar-refractivity contribution >= 4 is 17.2 Å². The zero-order valence-corrected chi connectivity index (χ0v) is 12.3. The lowest BCUT2D eigenvalue weighted by atomic mass is 9.94. The summed E-state index contributed by atoms with van der Waals surface area (Å²) in [5.41, 5.74) is 5.57. The third-order valence-electron chi connectivity index (χ3n) is 4.68. The molecule has 1 unspecified atom stereocenters. The molecule has 0 spiro atoms. The van der Waals surface area contributed by atoms with E-state index in [4.69, 9.17) is 5.73 Å². The summed E-state index contributed by atoms with van der Waals surface area (Å²) in [6.45, 7) is 4.70. The van der Waals surface area contributed by atoms with E-state index < -0.39 is 0 Å². The molecule has 3 atom stereocenters. The molecule has 19 heavy (non-hydrogen) atoms. The van der Waals surface area contributed by atoms with Crippen molar-refractivity contribution in [1.29, 1.82) is 0 Å². The summed E-state index contributed by atoms with van der Waals surface area (Å²) in [5.74, 6) is 1.31. The normalized spacial score (nSPS) is 34.3. The maximum absolute atomic E-state index is 13.0. The molecule has 1 aromatic heterocycles. The average molecular weight is 278 g/mol. The second-order valence-corrected chi connectivity index (χ2v) is 7.03. The van der Waals surface area contributed by atoms with Crippen LogP contribution in [0.15, 0.2) is 17.5 Å². The molecule has 0 aromatic carbocycles. The fourth-order valence-electron chi connectivity index (χ4n) is 3.47. The number of nitrogens with two attached hydrogens (primary N) is 1. The van der Waals surface area contributed by atoms with Crippen molar-refractivity contribution in [1.82, 2.24) is 4.90 Å². The molecule has 1 aliphatic heterocycles. The van der Waals surface area contributed by atoms with Crippen LogP contribution in [0, 0.1) is 11.8 Å². The van der Waals surface area contributed by atoms with E-state index in [0.717, 1.165) is 25.9 Å². The predicted octanol–water partition coefficient (Wildman–Crippen LogP) is 2.22. The fraction of sp³-hybridized carbons (Fsp3) is 0.667. The number of hydrogen-bond acceptors (Lipinski definition) is 3. The van der Waals surface area contributed by atoms with E-state index >= 15 is 0 Å². The summed E-state index contributed by atoms with van der Waals surface area (Å²) in [5, 5.41) is 2.06. The molecular formula is C15H22N2OS. The number of piperidine rings is 1. The standard InChI is InChI=1S/C15H22N2OS/c1-11-4-2-6-17(10-11)14(18)15(8-12(15)9-16)13-5-3-7-19-13/h3,5,7,11-12H,2,4,6,8-10,16H2,1H3/t11?,12-,15-/m0/s1. The van der Waals surface area contributed by atoms with Gasteiger partial charge in [0.15, 0.2) is 0 Å². The summed E-state index contributed by atoms with van der Waals surface area (Å²) in [4.78, 5) is 16.3. The molecule has 2 N–H and O–H groups in total. The van der Waals surface area contributed by atoms with Crippen LogP contribution in [0.2, 0.25) is 0 Å². The molecule has 2 heterocycles. The Morgan fingerprint density at radius 1 is 1.63 bits per heavy atom. The Labute approximate surface area is 118 Å². The minimum absolute atomic E-state index is 0.278. The Morgan fingerprint density at radius 3 is 3.05 bits per heavy atom. The van der Waals surface area contributed by atoms with Gasteiger partial charge in [0.25, 0.3) is 0 Å². The smallest absolute Gasteiger partial charge is 0.234 e. The Balaban J connectivity index is 1.84. The summed E-state index contributed by atoms with van der Waals surface area (Å²) < 4.78 is 0. The minimum Gasteiger partial charge on any atom is -0.342 e. The molecule has 2 aliphatic rings. The molecule has 2 fully saturated rings. The van der Waals surface area contributed by atoms with Crippen molar-refractivity contribution in [3.8, 4) is 0 Å². The van der Waals surface area contributed by atoms with Crippen LogP contribution in [0.4, 0.5) is 0 Å². The Kier molecular flexibility index (Phi) is 3.39. The van der Waals surface area contributed by atoms with Crippen LogP contribution >= 0.6 is 11.3 Å². The zero-order valence-electron chi connectivity index (χ0n) is 11.5. The SMILES string of the molecule is CC1CCCN(C(=O)[C@@]2(c3cccs3)C[C@H]2CN)C1. The van der Waals surface area contributed by atoms with Crippen LogP contribution in [0.1, 0.15) is 31.1 Å². The van der Waals surface area contributed by atoms with Gasteiger partial charge in [0.05, 0.1) is 5.41 Å². The summed E-state index contributed by atoms with van der Waals surface area (Å²) in [7, 11) is 0. The van der Waals surface area contributed by atoms with Gasteiger partial charge in [-0.1, -0.05) is 13.0 Å². The van der Waals surface area contributed by atoms with Crippen molar-refractivity contribution in [3.63, 3.8) is 0 Å². The number of hydrogen-bond donors (Lipinski definition) is 1. The number of rotatable bonds is 3. The number of amides is 1. The van der Waals surface area contributed by atoms with Crippen LogP contribution in [0.3, 0.4) is 0 Å². The number of likely N-dealkylation sites (tertiary alicyclic amines) is 1. The van der Waals surface area contributed by atoms with Crippen LogP contribution in [0.5, 0.6) is 0 Å². The molecule has 3 nitrogen and oxygen atoms in total. The first-order valence-corrected chi connectivity index (χ1v) is 8.10. The van der Waals surface area contributed by atoms with Gasteiger partial charge in [-0.25, -0.2) is 0 Å². The van der Waals surface area contributed by atoms with E-state index in [2.05, 4.69) is 23.3 Å². The highest BCUT2D eigenvalue weighted by Crippen LogP contribution is 2.56. The van der Waals surface area contributed by atoms with Crippen molar-refractivity contribution in [2.24, 2.45) is 17.6 Å². The average Bonchev–Trinajstić information content (AvgIpc) is 2.90. The third kappa shape index (κ3) is 2.11. The van der Waals surface area contributed by atoms with Crippen LogP contribution < -0.4 is 5.73 Å². The van der Waals surface area contributed by atoms with Gasteiger partial charge in [0, 0.05) is 18.0 Å². The summed E-state index contributed by atoms with van der Waals surface area (Å²) in [6, 6.07) is 4.14. The molecular weight excluding hydrogens is 256 g/mol. The predicted molar refractivity (Wildman–Crippen MR) is 78.1 cm³/mol. The highest BCUT2D eigenvalue weighted by molar-refractivity contribution is 7.10. The summed E-state index contributed by atoms with van der Waals surface area (Å²) in [6.07, 6.45) is 3.32. The van der Waals surface area contributed by atoms with Gasteiger partial charge in [-0.3, -0.25) is 4.79 Å². The van der Waals surface area contributed by atoms with E-state index in [-0.39, 0.29) is 5.41 Å². The lowest BCUT2D eigenvalue weighted by Crippen LogP contribution is -2.45. The molecule has 4 heteroatoms. The quantitative estimate of drug-likeness (QED) is 0.921. The van der Waals surface area contributed by atoms with Gasteiger partial charge in [-0.2, -0.15) is 0 Å². The Bertz CT molecular complexity index is 459. The first kappa shape index (κ1) is 13.1. The van der Waals surface area contributed by atoms with E-state index in [9.17, 15) is 4.79 Å². The molecule has 1 saturated carbocycles. The van der Waals surface area contributed by atoms with Gasteiger partial charge < -0.3 is 10.6 Å². The fourth-order valence-corrected chi connectivity index (χ4v) is 4.48. The van der Waals surface area contributed by atoms with Crippen LogP contribution in [-0.2, 0) is 10.2 Å². The van der Waals surface area contributed by atoms with E-state index in [1.54, 1.807) is 11.3 Å². The van der Waals surface area contributed by atoms with Crippen LogP contribution in [0.25, 0.3) is 0 Å². The van der Waals surface area contributed by atoms with Gasteiger partial charge in [0.1, 0.15) is 0 Å². The topological polar surface area (TPSA) is 46.3 Å². The molecule has 1 amide bonds. The van der Waals surface area contributed by atoms with Crippen molar-refractivity contribution < 1.29 is 4.79 Å². The van der Waals surface area contributed by atoms with E-state index in [0.29, 0.717) is 24.3 Å². The van der Waals surface area contributed by atoms with Crippen LogP contribution in [-0.4, -0.2) is 30.4 Å². The zero-order chi connectivity index (χ0) is 13.5. The summed E-state index contributed by atoms with van der Waals surface area (Å²) >= 11 is 1.70. The van der Waals surface area contributed by atoms with Gasteiger partial charge in [0.2, 0.25) is 5.91 Å². The molecule has 0 bridgehead atoms. The largest absolute Gasteiger partial charge is 0.342 e. The van der Waals surface area contributed by atoms with Gasteiger partial charge >= 0.3 is 0 Å². The number of nitrogens with zero attached hydrogens (tertiary/aromatic N) is 1. The molecule has 1 aliphatic carbocycles. The maximum Gasteiger partial charge on any atom is 0.234 e. The maximum atomic E-state index is 13.0. The highest BCUT2D eigenvalue weighted by Gasteiger charge is 2.62. The molecule has 104 valence electrons.